The molecule has 0 spiro atoms. The van der Waals surface area contributed by atoms with Gasteiger partial charge in [-0.15, -0.1) is 0 Å². The summed E-state index contributed by atoms with van der Waals surface area (Å²) in [5.41, 5.74) is 1.41. The predicted molar refractivity (Wildman–Crippen MR) is 89.5 cm³/mol. The topological polar surface area (TPSA) is 19.4 Å². The summed E-state index contributed by atoms with van der Waals surface area (Å²) in [4.78, 5) is 9.24. The van der Waals surface area contributed by atoms with Crippen molar-refractivity contribution in [2.24, 2.45) is 5.92 Å². The number of rotatable bonds is 8. The first-order chi connectivity index (χ1) is 10.3. The summed E-state index contributed by atoms with van der Waals surface area (Å²) in [6.07, 6.45) is 10.3. The molecule has 0 N–H and O–H groups in total. The molecular weight excluding hydrogens is 258 g/mol. The third-order valence-electron chi connectivity index (χ3n) is 4.64. The molecule has 0 bridgehead atoms. The quantitative estimate of drug-likeness (QED) is 0.733. The van der Waals surface area contributed by atoms with Gasteiger partial charge in [-0.3, -0.25) is 4.98 Å². The Hall–Kier alpha value is -0.930. The molecule has 0 amide bonds. The zero-order valence-corrected chi connectivity index (χ0v) is 13.8. The van der Waals surface area contributed by atoms with E-state index in [9.17, 15) is 0 Å². The summed E-state index contributed by atoms with van der Waals surface area (Å²) in [6.45, 7) is 8.57. The summed E-state index contributed by atoms with van der Waals surface area (Å²) in [7, 11) is 2.28. The Labute approximate surface area is 130 Å². The molecule has 3 heteroatoms. The number of hydrogen-bond donors (Lipinski definition) is 0. The maximum Gasteiger partial charge on any atom is 0.0270 e. The van der Waals surface area contributed by atoms with Crippen molar-refractivity contribution in [3.05, 3.63) is 30.1 Å². The van der Waals surface area contributed by atoms with Crippen molar-refractivity contribution >= 4 is 0 Å². The molecule has 1 aliphatic heterocycles. The smallest absolute Gasteiger partial charge is 0.0270 e. The molecule has 0 unspecified atom stereocenters. The zero-order valence-electron chi connectivity index (χ0n) is 13.8. The summed E-state index contributed by atoms with van der Waals surface area (Å²) in [5.74, 6) is 0.907. The lowest BCUT2D eigenvalue weighted by molar-refractivity contribution is 0.155. The minimum absolute atomic E-state index is 0.907. The van der Waals surface area contributed by atoms with Crippen molar-refractivity contribution in [3.63, 3.8) is 0 Å². The first-order valence-electron chi connectivity index (χ1n) is 8.57. The second-order valence-corrected chi connectivity index (χ2v) is 6.51. The Morgan fingerprint density at radius 1 is 1.24 bits per heavy atom. The number of piperidine rings is 1. The van der Waals surface area contributed by atoms with Crippen LogP contribution >= 0.6 is 0 Å². The van der Waals surface area contributed by atoms with Gasteiger partial charge in [0, 0.05) is 25.5 Å². The summed E-state index contributed by atoms with van der Waals surface area (Å²) >= 11 is 0. The number of nitrogens with zero attached hydrogens (tertiary/aromatic N) is 3. The van der Waals surface area contributed by atoms with Crippen LogP contribution in [-0.4, -0.2) is 54.6 Å². The highest BCUT2D eigenvalue weighted by atomic mass is 15.1. The van der Waals surface area contributed by atoms with Crippen LogP contribution in [0.5, 0.6) is 0 Å². The molecule has 1 aromatic heterocycles. The fraction of sp³-hybridized carbons (Fsp3) is 0.722. The van der Waals surface area contributed by atoms with E-state index in [-0.39, 0.29) is 0 Å². The monoisotopic (exact) mass is 289 g/mol. The van der Waals surface area contributed by atoms with E-state index in [1.54, 1.807) is 0 Å². The van der Waals surface area contributed by atoms with Crippen molar-refractivity contribution in [2.75, 3.05) is 39.8 Å². The van der Waals surface area contributed by atoms with E-state index in [4.69, 9.17) is 0 Å². The van der Waals surface area contributed by atoms with Crippen LogP contribution in [0.3, 0.4) is 0 Å². The molecule has 0 atom stereocenters. The van der Waals surface area contributed by atoms with Crippen LogP contribution in [0.1, 0.15) is 38.2 Å². The van der Waals surface area contributed by atoms with Gasteiger partial charge < -0.3 is 9.80 Å². The van der Waals surface area contributed by atoms with Gasteiger partial charge in [-0.1, -0.05) is 13.3 Å². The van der Waals surface area contributed by atoms with Crippen LogP contribution in [0.15, 0.2) is 24.5 Å². The van der Waals surface area contributed by atoms with Gasteiger partial charge in [-0.05, 0) is 76.0 Å². The van der Waals surface area contributed by atoms with Crippen molar-refractivity contribution in [1.82, 2.24) is 14.8 Å². The number of unbranched alkanes of at least 4 members (excludes halogenated alkanes) is 1. The van der Waals surface area contributed by atoms with Crippen molar-refractivity contribution in [3.8, 4) is 0 Å². The first-order valence-corrected chi connectivity index (χ1v) is 8.57. The van der Waals surface area contributed by atoms with Crippen LogP contribution in [0.25, 0.3) is 0 Å². The molecule has 1 fully saturated rings. The average molecular weight is 289 g/mol. The molecule has 0 radical (unpaired) electrons. The molecule has 118 valence electrons. The number of pyridine rings is 1. The fourth-order valence-electron chi connectivity index (χ4n) is 3.19. The van der Waals surface area contributed by atoms with Crippen molar-refractivity contribution < 1.29 is 0 Å². The second kappa shape index (κ2) is 9.16. The highest BCUT2D eigenvalue weighted by molar-refractivity contribution is 5.09. The molecule has 0 aliphatic carbocycles. The standard InChI is InChI=1S/C18H31N3/c1-3-4-12-20(2)16-18-8-14-21(15-9-18)13-7-17-5-10-19-11-6-17/h5-6,10-11,18H,3-4,7-9,12-16H2,1-2H3. The predicted octanol–water partition coefficient (Wildman–Crippen LogP) is 3.07. The Morgan fingerprint density at radius 3 is 2.62 bits per heavy atom. The zero-order chi connectivity index (χ0) is 14.9. The lowest BCUT2D eigenvalue weighted by atomic mass is 9.96. The summed E-state index contributed by atoms with van der Waals surface area (Å²) in [5, 5.41) is 0. The molecule has 2 rings (SSSR count). The third-order valence-corrected chi connectivity index (χ3v) is 4.64. The van der Waals surface area contributed by atoms with E-state index in [1.807, 2.05) is 12.4 Å². The van der Waals surface area contributed by atoms with Crippen molar-refractivity contribution in [1.29, 1.82) is 0 Å². The van der Waals surface area contributed by atoms with Crippen LogP contribution in [0.2, 0.25) is 0 Å². The number of aromatic nitrogens is 1. The van der Waals surface area contributed by atoms with Gasteiger partial charge in [0.1, 0.15) is 0 Å². The lowest BCUT2D eigenvalue weighted by Gasteiger charge is -2.34. The van der Waals surface area contributed by atoms with E-state index >= 15 is 0 Å². The Kier molecular flexibility index (Phi) is 7.17. The molecular formula is C18H31N3. The molecule has 1 aromatic rings. The Morgan fingerprint density at radius 2 is 1.95 bits per heavy atom. The van der Waals surface area contributed by atoms with E-state index in [0.717, 1.165) is 12.3 Å². The Bertz CT molecular complexity index is 371. The minimum Gasteiger partial charge on any atom is -0.306 e. The van der Waals surface area contributed by atoms with E-state index in [2.05, 4.69) is 40.9 Å². The molecule has 21 heavy (non-hydrogen) atoms. The third kappa shape index (κ3) is 6.15. The second-order valence-electron chi connectivity index (χ2n) is 6.51. The fourth-order valence-corrected chi connectivity index (χ4v) is 3.19. The van der Waals surface area contributed by atoms with Gasteiger partial charge in [0.2, 0.25) is 0 Å². The Balaban J connectivity index is 1.62. The van der Waals surface area contributed by atoms with Gasteiger partial charge in [-0.25, -0.2) is 0 Å². The number of likely N-dealkylation sites (tertiary alicyclic amines) is 1. The molecule has 0 saturated carbocycles. The highest BCUT2D eigenvalue weighted by Gasteiger charge is 2.19. The first kappa shape index (κ1) is 16.4. The number of hydrogen-bond acceptors (Lipinski definition) is 3. The van der Waals surface area contributed by atoms with Crippen LogP contribution in [0, 0.1) is 5.92 Å². The molecule has 0 aromatic carbocycles. The molecule has 1 aliphatic rings. The van der Waals surface area contributed by atoms with E-state index < -0.39 is 0 Å². The largest absolute Gasteiger partial charge is 0.306 e. The molecule has 3 nitrogen and oxygen atoms in total. The lowest BCUT2D eigenvalue weighted by Crippen LogP contribution is -2.38. The average Bonchev–Trinajstić information content (AvgIpc) is 2.53. The normalized spacial score (nSPS) is 17.5. The molecule has 1 saturated heterocycles. The SMILES string of the molecule is CCCCN(C)CC1CCN(CCc2ccncc2)CC1. The van der Waals surface area contributed by atoms with Gasteiger partial charge in [-0.2, -0.15) is 0 Å². The van der Waals surface area contributed by atoms with E-state index in [1.165, 1.54) is 64.0 Å². The highest BCUT2D eigenvalue weighted by Crippen LogP contribution is 2.18. The van der Waals surface area contributed by atoms with Gasteiger partial charge in [0.05, 0.1) is 0 Å². The van der Waals surface area contributed by atoms with Crippen LogP contribution in [0.4, 0.5) is 0 Å². The summed E-state index contributed by atoms with van der Waals surface area (Å²) < 4.78 is 0. The van der Waals surface area contributed by atoms with Crippen molar-refractivity contribution in [2.45, 2.75) is 39.0 Å². The summed E-state index contributed by atoms with van der Waals surface area (Å²) in [6, 6.07) is 4.27. The maximum absolute atomic E-state index is 4.08. The van der Waals surface area contributed by atoms with Gasteiger partial charge in [0.15, 0.2) is 0 Å². The minimum atomic E-state index is 0.907. The van der Waals surface area contributed by atoms with E-state index in [0.29, 0.717) is 0 Å². The van der Waals surface area contributed by atoms with Crippen LogP contribution in [-0.2, 0) is 6.42 Å². The van der Waals surface area contributed by atoms with Gasteiger partial charge >= 0.3 is 0 Å². The maximum atomic E-state index is 4.08. The van der Waals surface area contributed by atoms with Gasteiger partial charge in [0.25, 0.3) is 0 Å². The van der Waals surface area contributed by atoms with Crippen LogP contribution < -0.4 is 0 Å². The molecule has 2 heterocycles.